The summed E-state index contributed by atoms with van der Waals surface area (Å²) >= 11 is 5.82. The number of pyridine rings is 1. The third-order valence-electron chi connectivity index (χ3n) is 3.56. The molecule has 0 fully saturated rings. The van der Waals surface area contributed by atoms with E-state index in [1.54, 1.807) is 30.5 Å². The maximum atomic E-state index is 12.2. The quantitative estimate of drug-likeness (QED) is 0.709. The van der Waals surface area contributed by atoms with Crippen LogP contribution < -0.4 is 11.1 Å². The third-order valence-corrected chi connectivity index (χ3v) is 3.81. The molecule has 7 heteroatoms. The van der Waals surface area contributed by atoms with Crippen molar-refractivity contribution in [1.29, 1.82) is 0 Å². The van der Waals surface area contributed by atoms with Gasteiger partial charge in [-0.25, -0.2) is 0 Å². The van der Waals surface area contributed by atoms with E-state index >= 15 is 0 Å². The van der Waals surface area contributed by atoms with Crippen LogP contribution in [0.15, 0.2) is 48.8 Å². The van der Waals surface area contributed by atoms with Crippen LogP contribution in [0.2, 0.25) is 5.02 Å². The van der Waals surface area contributed by atoms with Crippen LogP contribution in [0, 0.1) is 0 Å². The molecule has 1 heterocycles. The molecule has 6 nitrogen and oxygen atoms in total. The van der Waals surface area contributed by atoms with E-state index in [1.165, 1.54) is 6.20 Å². The molecule has 0 unspecified atom stereocenters. The van der Waals surface area contributed by atoms with E-state index in [2.05, 4.69) is 10.3 Å². The summed E-state index contributed by atoms with van der Waals surface area (Å²) in [6.45, 7) is 0. The molecule has 2 atom stereocenters. The Morgan fingerprint density at radius 2 is 1.96 bits per heavy atom. The number of hydrogen-bond acceptors (Lipinski definition) is 4. The van der Waals surface area contributed by atoms with Gasteiger partial charge in [0, 0.05) is 23.8 Å². The second-order valence-electron chi connectivity index (χ2n) is 5.32. The summed E-state index contributed by atoms with van der Waals surface area (Å²) in [4.78, 5) is 27.3. The van der Waals surface area contributed by atoms with Gasteiger partial charge in [-0.2, -0.15) is 0 Å². The van der Waals surface area contributed by atoms with Gasteiger partial charge in [0.1, 0.15) is 6.04 Å². The molecule has 0 aliphatic carbocycles. The van der Waals surface area contributed by atoms with Crippen molar-refractivity contribution in [2.75, 3.05) is 0 Å². The lowest BCUT2D eigenvalue weighted by molar-refractivity contribution is -0.139. The number of halogens is 1. The molecule has 0 radical (unpaired) electrons. The number of aromatic nitrogens is 1. The summed E-state index contributed by atoms with van der Waals surface area (Å²) in [6, 6.07) is 8.45. The number of hydrogen-bond donors (Lipinski definition) is 3. The van der Waals surface area contributed by atoms with Crippen LogP contribution in [0.25, 0.3) is 0 Å². The van der Waals surface area contributed by atoms with E-state index in [9.17, 15) is 9.59 Å². The number of nitrogens with one attached hydrogen (secondary N) is 1. The largest absolute Gasteiger partial charge is 0.480 e. The summed E-state index contributed by atoms with van der Waals surface area (Å²) in [5.74, 6) is -1.47. The Labute approximate surface area is 144 Å². The van der Waals surface area contributed by atoms with E-state index in [1.807, 2.05) is 12.1 Å². The van der Waals surface area contributed by atoms with E-state index in [4.69, 9.17) is 22.4 Å². The van der Waals surface area contributed by atoms with Gasteiger partial charge in [0.15, 0.2) is 0 Å². The average molecular weight is 348 g/mol. The van der Waals surface area contributed by atoms with Crippen molar-refractivity contribution in [1.82, 2.24) is 10.3 Å². The van der Waals surface area contributed by atoms with Crippen LogP contribution in [0.3, 0.4) is 0 Å². The van der Waals surface area contributed by atoms with Gasteiger partial charge in [0.2, 0.25) is 5.91 Å². The summed E-state index contributed by atoms with van der Waals surface area (Å²) in [6.07, 6.45) is 3.79. The fourth-order valence-electron chi connectivity index (χ4n) is 2.24. The number of nitrogens with two attached hydrogens (primary N) is 1. The normalized spacial score (nSPS) is 13.1. The van der Waals surface area contributed by atoms with Gasteiger partial charge in [0.05, 0.1) is 6.04 Å². The van der Waals surface area contributed by atoms with Gasteiger partial charge < -0.3 is 16.2 Å². The van der Waals surface area contributed by atoms with Gasteiger partial charge in [-0.15, -0.1) is 0 Å². The molecule has 4 N–H and O–H groups in total. The van der Waals surface area contributed by atoms with Crippen molar-refractivity contribution in [3.63, 3.8) is 0 Å². The fourth-order valence-corrected chi connectivity index (χ4v) is 2.36. The average Bonchev–Trinajstić information content (AvgIpc) is 2.59. The summed E-state index contributed by atoms with van der Waals surface area (Å²) in [5.41, 5.74) is 7.22. The molecule has 0 bridgehead atoms. The fraction of sp³-hybridized carbons (Fsp3) is 0.235. The van der Waals surface area contributed by atoms with Crippen LogP contribution in [0.4, 0.5) is 0 Å². The standard InChI is InChI=1S/C17H18ClN3O3/c18-13-6-3-11(4-7-13)5-8-14(22)21-16(15(19)17(23)24)12-2-1-9-20-10-12/h1-4,6-7,9-10,15-16H,5,8,19H2,(H,21,22)(H,23,24)/t15-,16-/m1/s1. The third kappa shape index (κ3) is 5.04. The number of amides is 1. The van der Waals surface area contributed by atoms with Crippen molar-refractivity contribution in [3.8, 4) is 0 Å². The number of aliphatic carboxylic acids is 1. The van der Waals surface area contributed by atoms with Crippen molar-refractivity contribution in [2.45, 2.75) is 24.9 Å². The molecule has 126 valence electrons. The summed E-state index contributed by atoms with van der Waals surface area (Å²) in [5, 5.41) is 12.5. The number of carbonyl (C=O) groups is 2. The van der Waals surface area contributed by atoms with Gasteiger partial charge >= 0.3 is 5.97 Å². The second kappa shape index (κ2) is 8.42. The molecule has 2 aromatic rings. The minimum atomic E-state index is -1.26. The van der Waals surface area contributed by atoms with E-state index in [0.29, 0.717) is 17.0 Å². The lowest BCUT2D eigenvalue weighted by Crippen LogP contribution is -2.45. The molecular weight excluding hydrogens is 330 g/mol. The molecule has 0 saturated carbocycles. The predicted octanol–water partition coefficient (Wildman–Crippen LogP) is 1.94. The number of nitrogens with zero attached hydrogens (tertiary/aromatic N) is 1. The first-order chi connectivity index (χ1) is 11.5. The van der Waals surface area contributed by atoms with E-state index in [-0.39, 0.29) is 12.3 Å². The maximum Gasteiger partial charge on any atom is 0.322 e. The SMILES string of the molecule is N[C@@H](C(=O)O)[C@H](NC(=O)CCc1ccc(Cl)cc1)c1cccnc1. The highest BCUT2D eigenvalue weighted by atomic mass is 35.5. The van der Waals surface area contributed by atoms with Gasteiger partial charge in [-0.05, 0) is 35.7 Å². The first kappa shape index (κ1) is 17.9. The minimum absolute atomic E-state index is 0.213. The highest BCUT2D eigenvalue weighted by Gasteiger charge is 2.27. The zero-order valence-corrected chi connectivity index (χ0v) is 13.6. The van der Waals surface area contributed by atoms with Crippen molar-refractivity contribution < 1.29 is 14.7 Å². The molecule has 24 heavy (non-hydrogen) atoms. The van der Waals surface area contributed by atoms with Crippen molar-refractivity contribution in [2.24, 2.45) is 5.73 Å². The highest BCUT2D eigenvalue weighted by Crippen LogP contribution is 2.16. The number of benzene rings is 1. The Hall–Kier alpha value is -2.44. The molecule has 0 aliphatic rings. The van der Waals surface area contributed by atoms with Gasteiger partial charge in [-0.3, -0.25) is 14.6 Å². The molecule has 1 amide bonds. The van der Waals surface area contributed by atoms with Crippen LogP contribution in [-0.4, -0.2) is 28.0 Å². The minimum Gasteiger partial charge on any atom is -0.480 e. The van der Waals surface area contributed by atoms with Crippen LogP contribution in [0.5, 0.6) is 0 Å². The number of carboxylic acid groups (broad SMARTS) is 1. The molecule has 0 aliphatic heterocycles. The van der Waals surface area contributed by atoms with Crippen molar-refractivity contribution >= 4 is 23.5 Å². The van der Waals surface area contributed by atoms with E-state index < -0.39 is 18.1 Å². The summed E-state index contributed by atoms with van der Waals surface area (Å²) < 4.78 is 0. The van der Waals surface area contributed by atoms with Crippen LogP contribution in [0.1, 0.15) is 23.6 Å². The number of rotatable bonds is 7. The lowest BCUT2D eigenvalue weighted by Gasteiger charge is -2.22. The topological polar surface area (TPSA) is 105 Å². The van der Waals surface area contributed by atoms with Crippen LogP contribution in [-0.2, 0) is 16.0 Å². The Morgan fingerprint density at radius 3 is 2.54 bits per heavy atom. The summed E-state index contributed by atoms with van der Waals surface area (Å²) in [7, 11) is 0. The smallest absolute Gasteiger partial charge is 0.322 e. The van der Waals surface area contributed by atoms with Gasteiger partial charge in [0.25, 0.3) is 0 Å². The molecular formula is C17H18ClN3O3. The Balaban J connectivity index is 2.01. The first-order valence-corrected chi connectivity index (χ1v) is 7.77. The molecule has 1 aromatic carbocycles. The monoisotopic (exact) mass is 347 g/mol. The Morgan fingerprint density at radius 1 is 1.25 bits per heavy atom. The number of carboxylic acids is 1. The van der Waals surface area contributed by atoms with Gasteiger partial charge in [-0.1, -0.05) is 29.8 Å². The zero-order valence-electron chi connectivity index (χ0n) is 12.9. The van der Waals surface area contributed by atoms with E-state index in [0.717, 1.165) is 5.56 Å². The molecule has 2 rings (SSSR count). The zero-order chi connectivity index (χ0) is 17.5. The number of carbonyl (C=O) groups excluding carboxylic acids is 1. The molecule has 0 saturated heterocycles. The molecule has 1 aromatic heterocycles. The maximum absolute atomic E-state index is 12.2. The molecule has 0 spiro atoms. The number of aryl methyl sites for hydroxylation is 1. The highest BCUT2D eigenvalue weighted by molar-refractivity contribution is 6.30. The predicted molar refractivity (Wildman–Crippen MR) is 90.5 cm³/mol. The Bertz CT molecular complexity index is 692. The first-order valence-electron chi connectivity index (χ1n) is 7.39. The van der Waals surface area contributed by atoms with Crippen molar-refractivity contribution in [3.05, 3.63) is 64.9 Å². The van der Waals surface area contributed by atoms with Crippen LogP contribution >= 0.6 is 11.6 Å². The lowest BCUT2D eigenvalue weighted by atomic mass is 10.0. The Kier molecular flexibility index (Phi) is 6.28. The second-order valence-corrected chi connectivity index (χ2v) is 5.76.